The summed E-state index contributed by atoms with van der Waals surface area (Å²) in [5.74, 6) is 0.548. The summed E-state index contributed by atoms with van der Waals surface area (Å²) < 4.78 is 5.18. The first-order chi connectivity index (χ1) is 11.8. The number of phenols is 1. The molecule has 0 amide bonds. The quantitative estimate of drug-likeness (QED) is 0.599. The second-order valence-corrected chi connectivity index (χ2v) is 5.45. The van der Waals surface area contributed by atoms with Gasteiger partial charge < -0.3 is 9.84 Å². The molecule has 2 N–H and O–H groups in total. The van der Waals surface area contributed by atoms with Crippen LogP contribution in [0.25, 0.3) is 33.4 Å². The van der Waals surface area contributed by atoms with Gasteiger partial charge in [-0.3, -0.25) is 5.10 Å². The Balaban J connectivity index is 1.86. The topological polar surface area (TPSA) is 71.0 Å². The van der Waals surface area contributed by atoms with Crippen molar-refractivity contribution in [3.63, 3.8) is 0 Å². The number of nitrogens with zero attached hydrogens (tertiary/aromatic N) is 2. The van der Waals surface area contributed by atoms with Gasteiger partial charge in [0.15, 0.2) is 17.1 Å². The minimum atomic E-state index is 0.114. The van der Waals surface area contributed by atoms with Gasteiger partial charge in [0.05, 0.1) is 12.8 Å². The maximum Gasteiger partial charge on any atom is 0.181 e. The van der Waals surface area contributed by atoms with Crippen LogP contribution in [0, 0.1) is 0 Å². The van der Waals surface area contributed by atoms with E-state index in [4.69, 9.17) is 4.74 Å². The van der Waals surface area contributed by atoms with E-state index >= 15 is 0 Å². The first kappa shape index (κ1) is 14.3. The lowest BCUT2D eigenvalue weighted by Crippen LogP contribution is -1.86. The molecule has 0 saturated carbocycles. The lowest BCUT2D eigenvalue weighted by Gasteiger charge is -2.07. The summed E-state index contributed by atoms with van der Waals surface area (Å²) in [4.78, 5) is 4.44. The third-order valence-electron chi connectivity index (χ3n) is 3.99. The molecule has 0 atom stereocenters. The highest BCUT2D eigenvalue weighted by molar-refractivity contribution is 5.93. The van der Waals surface area contributed by atoms with Crippen LogP contribution in [-0.4, -0.2) is 27.4 Å². The monoisotopic (exact) mass is 317 g/mol. The molecule has 0 aliphatic carbocycles. The van der Waals surface area contributed by atoms with Crippen molar-refractivity contribution in [2.45, 2.75) is 0 Å². The highest BCUT2D eigenvalue weighted by atomic mass is 16.5. The molecular weight excluding hydrogens is 302 g/mol. The molecule has 4 rings (SSSR count). The second-order valence-electron chi connectivity index (χ2n) is 5.45. The molecule has 4 aromatic rings. The molecule has 0 spiro atoms. The average molecular weight is 317 g/mol. The molecule has 0 unspecified atom stereocenters. The largest absolute Gasteiger partial charge is 0.504 e. The number of phenolic OH excluding ortho intramolecular Hbond substituents is 1. The summed E-state index contributed by atoms with van der Waals surface area (Å²) in [6, 6.07) is 17.3. The number of nitrogens with one attached hydrogen (secondary N) is 1. The predicted molar refractivity (Wildman–Crippen MR) is 93.0 cm³/mol. The van der Waals surface area contributed by atoms with Crippen molar-refractivity contribution in [3.05, 3.63) is 60.8 Å². The molecule has 2 aromatic carbocycles. The molecule has 0 fully saturated rings. The number of hydrogen-bond donors (Lipinski definition) is 2. The number of rotatable bonds is 3. The maximum atomic E-state index is 9.76. The normalized spacial score (nSPS) is 10.9. The molecule has 2 heterocycles. The van der Waals surface area contributed by atoms with Crippen molar-refractivity contribution in [2.75, 3.05) is 7.11 Å². The molecule has 0 aliphatic heterocycles. The van der Waals surface area contributed by atoms with Crippen LogP contribution >= 0.6 is 0 Å². The lowest BCUT2D eigenvalue weighted by atomic mass is 10.0. The van der Waals surface area contributed by atoms with E-state index in [1.807, 2.05) is 42.5 Å². The van der Waals surface area contributed by atoms with Crippen molar-refractivity contribution in [3.8, 4) is 33.9 Å². The average Bonchev–Trinajstić information content (AvgIpc) is 3.06. The van der Waals surface area contributed by atoms with E-state index in [0.29, 0.717) is 11.4 Å². The van der Waals surface area contributed by atoms with Crippen molar-refractivity contribution in [1.82, 2.24) is 15.2 Å². The number of aromatic hydroxyl groups is 1. The summed E-state index contributed by atoms with van der Waals surface area (Å²) in [5.41, 5.74) is 4.51. The summed E-state index contributed by atoms with van der Waals surface area (Å²) >= 11 is 0. The van der Waals surface area contributed by atoms with Gasteiger partial charge in [-0.15, -0.1) is 0 Å². The van der Waals surface area contributed by atoms with Gasteiger partial charge in [0.25, 0.3) is 0 Å². The minimum absolute atomic E-state index is 0.114. The highest BCUT2D eigenvalue weighted by Crippen LogP contribution is 2.33. The number of aromatic amines is 1. The number of H-pyrrole nitrogens is 1. The van der Waals surface area contributed by atoms with Crippen LogP contribution in [0.1, 0.15) is 0 Å². The van der Waals surface area contributed by atoms with Crippen LogP contribution in [0.3, 0.4) is 0 Å². The number of aromatic nitrogens is 3. The molecule has 0 saturated heterocycles. The summed E-state index contributed by atoms with van der Waals surface area (Å²) in [5, 5.41) is 18.0. The van der Waals surface area contributed by atoms with E-state index in [9.17, 15) is 5.11 Å². The van der Waals surface area contributed by atoms with Gasteiger partial charge in [-0.05, 0) is 23.8 Å². The number of pyridine rings is 1. The molecule has 0 bridgehead atoms. The molecule has 5 heteroatoms. The first-order valence-corrected chi connectivity index (χ1v) is 7.53. The number of methoxy groups -OCH3 is 1. The van der Waals surface area contributed by atoms with Crippen LogP contribution in [0.2, 0.25) is 0 Å². The Hall–Kier alpha value is -3.34. The highest BCUT2D eigenvalue weighted by Gasteiger charge is 2.11. The first-order valence-electron chi connectivity index (χ1n) is 7.53. The van der Waals surface area contributed by atoms with Crippen molar-refractivity contribution < 1.29 is 9.84 Å². The van der Waals surface area contributed by atoms with Gasteiger partial charge in [0.2, 0.25) is 0 Å². The Kier molecular flexibility index (Phi) is 3.39. The van der Waals surface area contributed by atoms with Gasteiger partial charge in [0, 0.05) is 22.7 Å². The van der Waals surface area contributed by atoms with Crippen molar-refractivity contribution in [2.24, 2.45) is 0 Å². The van der Waals surface area contributed by atoms with Crippen molar-refractivity contribution >= 4 is 11.0 Å². The maximum absolute atomic E-state index is 9.76. The molecule has 24 heavy (non-hydrogen) atoms. The molecule has 2 aromatic heterocycles. The van der Waals surface area contributed by atoms with Crippen LogP contribution < -0.4 is 4.74 Å². The SMILES string of the molecule is COc1cc(-c2cnc3n[nH]c(-c4ccccc4)c3c2)ccc1O. The lowest BCUT2D eigenvalue weighted by molar-refractivity contribution is 0.373. The fraction of sp³-hybridized carbons (Fsp3) is 0.0526. The molecular formula is C19H15N3O2. The molecule has 0 radical (unpaired) electrons. The van der Waals surface area contributed by atoms with E-state index in [1.165, 1.54) is 7.11 Å². The van der Waals surface area contributed by atoms with E-state index in [1.54, 1.807) is 18.3 Å². The van der Waals surface area contributed by atoms with E-state index in [-0.39, 0.29) is 5.75 Å². The van der Waals surface area contributed by atoms with Crippen molar-refractivity contribution in [1.29, 1.82) is 0 Å². The zero-order valence-electron chi connectivity index (χ0n) is 13.0. The number of hydrogen-bond acceptors (Lipinski definition) is 4. The predicted octanol–water partition coefficient (Wildman–Crippen LogP) is 4.01. The third kappa shape index (κ3) is 2.36. The van der Waals surface area contributed by atoms with Gasteiger partial charge in [-0.25, -0.2) is 4.98 Å². The second kappa shape index (κ2) is 5.70. The fourth-order valence-electron chi connectivity index (χ4n) is 2.74. The van der Waals surface area contributed by atoms with Gasteiger partial charge >= 0.3 is 0 Å². The summed E-state index contributed by atoms with van der Waals surface area (Å²) in [7, 11) is 1.53. The van der Waals surface area contributed by atoms with Crippen LogP contribution in [-0.2, 0) is 0 Å². The molecule has 5 nitrogen and oxygen atoms in total. The fourth-order valence-corrected chi connectivity index (χ4v) is 2.74. The molecule has 0 aliphatic rings. The van der Waals surface area contributed by atoms with Gasteiger partial charge in [-0.2, -0.15) is 5.10 Å². The smallest absolute Gasteiger partial charge is 0.181 e. The Labute approximate surface area is 138 Å². The third-order valence-corrected chi connectivity index (χ3v) is 3.99. The van der Waals surface area contributed by atoms with Gasteiger partial charge in [-0.1, -0.05) is 36.4 Å². The van der Waals surface area contributed by atoms with E-state index in [0.717, 1.165) is 27.8 Å². The zero-order chi connectivity index (χ0) is 16.5. The van der Waals surface area contributed by atoms with Crippen LogP contribution in [0.15, 0.2) is 60.8 Å². The van der Waals surface area contributed by atoms with Crippen LogP contribution in [0.4, 0.5) is 0 Å². The summed E-state index contributed by atoms with van der Waals surface area (Å²) in [6.45, 7) is 0. The standard InChI is InChI=1S/C19H15N3O2/c1-24-17-10-13(7-8-16(17)23)14-9-15-18(12-5-3-2-4-6-12)21-22-19(15)20-11-14/h2-11,23H,1H3,(H,20,21,22). The number of fused-ring (bicyclic) bond motifs is 1. The minimum Gasteiger partial charge on any atom is -0.504 e. The van der Waals surface area contributed by atoms with E-state index < -0.39 is 0 Å². The Bertz CT molecular complexity index is 1010. The Morgan fingerprint density at radius 3 is 2.58 bits per heavy atom. The molecule has 118 valence electrons. The van der Waals surface area contributed by atoms with E-state index in [2.05, 4.69) is 15.2 Å². The summed E-state index contributed by atoms with van der Waals surface area (Å²) in [6.07, 6.45) is 1.77. The zero-order valence-corrected chi connectivity index (χ0v) is 13.0. The van der Waals surface area contributed by atoms with Crippen LogP contribution in [0.5, 0.6) is 11.5 Å². The number of benzene rings is 2. The number of ether oxygens (including phenoxy) is 1. The Morgan fingerprint density at radius 1 is 0.958 bits per heavy atom. The van der Waals surface area contributed by atoms with Gasteiger partial charge in [0.1, 0.15) is 0 Å². The Morgan fingerprint density at radius 2 is 1.79 bits per heavy atom.